The highest BCUT2D eigenvalue weighted by Gasteiger charge is 2.37. The number of aromatic nitrogens is 2. The number of rotatable bonds is 7. The highest BCUT2D eigenvalue weighted by molar-refractivity contribution is 7.85. The largest absolute Gasteiger partial charge is 0.419 e. The summed E-state index contributed by atoms with van der Waals surface area (Å²) in [7, 11) is -3.65. The summed E-state index contributed by atoms with van der Waals surface area (Å²) in [6.45, 7) is 3.28. The topological polar surface area (TPSA) is 119 Å². The Labute approximate surface area is 166 Å². The lowest BCUT2D eigenvalue weighted by Crippen LogP contribution is -2.28. The summed E-state index contributed by atoms with van der Waals surface area (Å²) < 4.78 is 83.9. The molecule has 2 aromatic rings. The maximum Gasteiger partial charge on any atom is 0.419 e. The third-order valence-electron chi connectivity index (χ3n) is 3.60. The van der Waals surface area contributed by atoms with Gasteiger partial charge in [0.15, 0.2) is 5.69 Å². The van der Waals surface area contributed by atoms with Gasteiger partial charge in [-0.3, -0.25) is 9.08 Å². The molecule has 162 valence electrons. The summed E-state index contributed by atoms with van der Waals surface area (Å²) in [6.07, 6.45) is -4.05. The van der Waals surface area contributed by atoms with Crippen molar-refractivity contribution < 1.29 is 39.6 Å². The van der Waals surface area contributed by atoms with Crippen LogP contribution in [0.4, 0.5) is 29.1 Å². The number of halogens is 4. The third kappa shape index (κ3) is 4.68. The second-order valence-corrected chi connectivity index (χ2v) is 7.46. The molecule has 1 aromatic heterocycles. The van der Waals surface area contributed by atoms with Gasteiger partial charge in [-0.05, 0) is 35.1 Å². The fourth-order valence-corrected chi connectivity index (χ4v) is 2.78. The van der Waals surface area contributed by atoms with Crippen molar-refractivity contribution in [3.05, 3.63) is 47.7 Å². The van der Waals surface area contributed by atoms with Gasteiger partial charge in [-0.15, -0.1) is 0 Å². The van der Waals surface area contributed by atoms with Gasteiger partial charge < -0.3 is 10.2 Å². The summed E-state index contributed by atoms with van der Waals surface area (Å²) in [5, 5.41) is 13.6. The molecule has 0 amide bonds. The lowest BCUT2D eigenvalue weighted by molar-refractivity contribution is -0.139. The maximum atomic E-state index is 13.6. The van der Waals surface area contributed by atoms with Crippen LogP contribution in [0.25, 0.3) is 0 Å². The van der Waals surface area contributed by atoms with Gasteiger partial charge in [-0.25, -0.2) is 9.02 Å². The monoisotopic (exact) mass is 451 g/mol. The Bertz CT molecular complexity index is 1100. The summed E-state index contributed by atoms with van der Waals surface area (Å²) in [5.41, 5.74) is -1.72. The van der Waals surface area contributed by atoms with Gasteiger partial charge >= 0.3 is 6.18 Å². The predicted octanol–water partition coefficient (Wildman–Crippen LogP) is 2.29. The fraction of sp³-hybridized carbons (Fsp3) is 0.267. The highest BCUT2D eigenvalue weighted by atomic mass is 32.2. The first kappa shape index (κ1) is 21.5. The predicted molar refractivity (Wildman–Crippen MR) is 94.2 cm³/mol. The number of hydrogen-bond donors (Lipinski definition) is 1. The number of benzene rings is 1. The average Bonchev–Trinajstić information content (AvgIpc) is 3.23. The normalized spacial score (nSPS) is 14.6. The Hall–Kier alpha value is -3.20. The zero-order valence-corrected chi connectivity index (χ0v) is 15.9. The fourth-order valence-electron chi connectivity index (χ4n) is 2.39. The summed E-state index contributed by atoms with van der Waals surface area (Å²) in [4.78, 5) is 5.99. The third-order valence-corrected chi connectivity index (χ3v) is 4.20. The van der Waals surface area contributed by atoms with E-state index in [1.54, 1.807) is 0 Å². The van der Waals surface area contributed by atoms with E-state index in [4.69, 9.17) is 4.84 Å². The van der Waals surface area contributed by atoms with Gasteiger partial charge in [0.05, 0.1) is 24.1 Å². The second kappa shape index (κ2) is 7.91. The number of amidine groups is 1. The minimum atomic E-state index is -4.93. The standard InChI is InChI=1S/C15H13F4N5O5S/c1-8-24(9-3-4-11(16)10(7-9)15(17,18)19)14(23-28-8)12-13(22-29-21-12)20-5-6-27-30(2,25)26/h3-4,7H,1,5-6H2,2H3,(H,20,22). The van der Waals surface area contributed by atoms with Crippen LogP contribution in [0.3, 0.4) is 0 Å². The van der Waals surface area contributed by atoms with Crippen LogP contribution in [0.2, 0.25) is 0 Å². The number of anilines is 2. The van der Waals surface area contributed by atoms with Gasteiger partial charge in [0.25, 0.3) is 10.1 Å². The Balaban J connectivity index is 1.86. The van der Waals surface area contributed by atoms with Crippen LogP contribution < -0.4 is 10.2 Å². The molecule has 15 heteroatoms. The quantitative estimate of drug-likeness (QED) is 0.384. The van der Waals surface area contributed by atoms with Gasteiger partial charge in [0, 0.05) is 6.54 Å². The summed E-state index contributed by atoms with van der Waals surface area (Å²) >= 11 is 0. The van der Waals surface area contributed by atoms with E-state index >= 15 is 0 Å². The first-order valence-electron chi connectivity index (χ1n) is 7.99. The first-order chi connectivity index (χ1) is 14.0. The molecule has 1 aliphatic heterocycles. The van der Waals surface area contributed by atoms with Crippen molar-refractivity contribution in [2.45, 2.75) is 6.18 Å². The van der Waals surface area contributed by atoms with Crippen molar-refractivity contribution in [3.63, 3.8) is 0 Å². The lowest BCUT2D eigenvalue weighted by Gasteiger charge is -2.19. The van der Waals surface area contributed by atoms with Crippen molar-refractivity contribution in [2.75, 3.05) is 29.6 Å². The molecule has 0 radical (unpaired) electrons. The molecule has 30 heavy (non-hydrogen) atoms. The van der Waals surface area contributed by atoms with Crippen LogP contribution in [0, 0.1) is 5.82 Å². The molecule has 10 nitrogen and oxygen atoms in total. The van der Waals surface area contributed by atoms with Crippen molar-refractivity contribution in [3.8, 4) is 0 Å². The number of oxime groups is 1. The van der Waals surface area contributed by atoms with E-state index in [0.29, 0.717) is 12.1 Å². The second-order valence-electron chi connectivity index (χ2n) is 5.81. The van der Waals surface area contributed by atoms with Crippen LogP contribution in [-0.4, -0.2) is 44.0 Å². The van der Waals surface area contributed by atoms with Gasteiger partial charge in [-0.1, -0.05) is 5.16 Å². The average molecular weight is 451 g/mol. The molecule has 0 spiro atoms. The van der Waals surface area contributed by atoms with Crippen LogP contribution in [0.5, 0.6) is 0 Å². The molecule has 0 saturated carbocycles. The van der Waals surface area contributed by atoms with Gasteiger partial charge in [-0.2, -0.15) is 21.6 Å². The Morgan fingerprint density at radius 1 is 1.30 bits per heavy atom. The first-order valence-corrected chi connectivity index (χ1v) is 9.81. The van der Waals surface area contributed by atoms with Crippen molar-refractivity contribution in [2.24, 2.45) is 5.16 Å². The van der Waals surface area contributed by atoms with Crippen LogP contribution in [0.1, 0.15) is 11.3 Å². The Morgan fingerprint density at radius 2 is 2.03 bits per heavy atom. The molecule has 1 aromatic carbocycles. The van der Waals surface area contributed by atoms with E-state index in [0.717, 1.165) is 17.2 Å². The van der Waals surface area contributed by atoms with Crippen LogP contribution >= 0.6 is 0 Å². The number of nitrogens with one attached hydrogen (secondary N) is 1. The minimum Gasteiger partial charge on any atom is -0.363 e. The van der Waals surface area contributed by atoms with Crippen molar-refractivity contribution in [1.29, 1.82) is 0 Å². The van der Waals surface area contributed by atoms with Crippen molar-refractivity contribution >= 4 is 27.5 Å². The number of hydrogen-bond acceptors (Lipinski definition) is 10. The molecule has 1 aliphatic rings. The van der Waals surface area contributed by atoms with Gasteiger partial charge in [0.2, 0.25) is 17.5 Å². The van der Waals surface area contributed by atoms with E-state index in [1.165, 1.54) is 0 Å². The molecule has 0 unspecified atom stereocenters. The van der Waals surface area contributed by atoms with E-state index in [2.05, 4.69) is 36.2 Å². The molecule has 0 saturated heterocycles. The number of alkyl halides is 3. The summed E-state index contributed by atoms with van der Waals surface area (Å²) in [5.74, 6) is -1.80. The zero-order valence-electron chi connectivity index (χ0n) is 15.1. The zero-order chi connectivity index (χ0) is 22.1. The van der Waals surface area contributed by atoms with E-state index < -0.39 is 27.7 Å². The molecule has 0 atom stereocenters. The van der Waals surface area contributed by atoms with Crippen molar-refractivity contribution in [1.82, 2.24) is 10.3 Å². The molecule has 0 fully saturated rings. The van der Waals surface area contributed by atoms with E-state index in [9.17, 15) is 26.0 Å². The Morgan fingerprint density at radius 3 is 2.70 bits per heavy atom. The SMILES string of the molecule is C=C1ON=C(c2nonc2NCCOS(C)(=O)=O)N1c1ccc(F)c(C(F)(F)F)c1. The molecular weight excluding hydrogens is 438 g/mol. The van der Waals surface area contributed by atoms with Gasteiger partial charge in [0.1, 0.15) is 5.82 Å². The number of nitrogens with zero attached hydrogens (tertiary/aromatic N) is 4. The maximum absolute atomic E-state index is 13.6. The van der Waals surface area contributed by atoms with Crippen LogP contribution in [0.15, 0.2) is 40.4 Å². The smallest absolute Gasteiger partial charge is 0.363 e. The molecule has 3 rings (SSSR count). The summed E-state index contributed by atoms with van der Waals surface area (Å²) in [6, 6.07) is 2.27. The van der Waals surface area contributed by atoms with E-state index in [1.807, 2.05) is 0 Å². The lowest BCUT2D eigenvalue weighted by atomic mass is 10.1. The minimum absolute atomic E-state index is 0.0210. The molecule has 0 aliphatic carbocycles. The molecular formula is C15H13F4N5O5S. The molecule has 1 N–H and O–H groups in total. The molecule has 0 bridgehead atoms. The van der Waals surface area contributed by atoms with E-state index in [-0.39, 0.29) is 42.1 Å². The van der Waals surface area contributed by atoms with Crippen LogP contribution in [-0.2, 0) is 25.3 Å². The Kier molecular flexibility index (Phi) is 5.67. The molecule has 2 heterocycles. The highest BCUT2D eigenvalue weighted by Crippen LogP contribution is 2.36.